The fraction of sp³-hybridized carbons (Fsp3) is 0.571. The molecule has 0 bridgehead atoms. The van der Waals surface area contributed by atoms with Gasteiger partial charge in [0.05, 0.1) is 20.3 Å². The number of ether oxygens (including phenoxy) is 2. The lowest BCUT2D eigenvalue weighted by Crippen LogP contribution is -2.45. The lowest BCUT2D eigenvalue weighted by atomic mass is 10.0. The number of hydrogen-bond acceptors (Lipinski definition) is 4. The minimum atomic E-state index is -0.427. The van der Waals surface area contributed by atoms with Gasteiger partial charge in [-0.05, 0) is 6.07 Å². The third-order valence-corrected chi connectivity index (χ3v) is 3.53. The zero-order valence-electron chi connectivity index (χ0n) is 11.5. The number of methoxy groups -OCH3 is 2. The molecule has 1 aliphatic heterocycles. The second-order valence-corrected chi connectivity index (χ2v) is 4.54. The van der Waals surface area contributed by atoms with Crippen molar-refractivity contribution < 1.29 is 13.9 Å². The molecule has 1 N–H and O–H groups in total. The minimum absolute atomic E-state index is 0.271. The van der Waals surface area contributed by atoms with Crippen LogP contribution in [0.4, 0.5) is 4.39 Å². The summed E-state index contributed by atoms with van der Waals surface area (Å²) in [6, 6.07) is 5.34. The van der Waals surface area contributed by atoms with Crippen LogP contribution in [0.25, 0.3) is 0 Å². The molecule has 4 nitrogen and oxygen atoms in total. The van der Waals surface area contributed by atoms with Crippen LogP contribution in [0, 0.1) is 0 Å². The molecule has 106 valence electrons. The average Bonchev–Trinajstić information content (AvgIpc) is 2.48. The Balaban J connectivity index is 2.31. The minimum Gasteiger partial charge on any atom is -0.493 e. The molecule has 0 aliphatic carbocycles. The van der Waals surface area contributed by atoms with Gasteiger partial charge in [0, 0.05) is 31.7 Å². The van der Waals surface area contributed by atoms with Crippen molar-refractivity contribution in [1.82, 2.24) is 10.2 Å². The summed E-state index contributed by atoms with van der Waals surface area (Å²) in [5.74, 6) is 1.28. The van der Waals surface area contributed by atoms with Crippen LogP contribution in [0.15, 0.2) is 18.2 Å². The summed E-state index contributed by atoms with van der Waals surface area (Å²) in [6.45, 7) is 3.04. The van der Waals surface area contributed by atoms with Crippen molar-refractivity contribution in [1.29, 1.82) is 0 Å². The van der Waals surface area contributed by atoms with E-state index in [0.717, 1.165) is 31.7 Å². The summed E-state index contributed by atoms with van der Waals surface area (Å²) < 4.78 is 24.2. The van der Waals surface area contributed by atoms with Crippen molar-refractivity contribution in [3.8, 4) is 11.5 Å². The van der Waals surface area contributed by atoms with Gasteiger partial charge in [-0.25, -0.2) is 4.39 Å². The molecule has 1 fully saturated rings. The number of benzene rings is 1. The molecule has 0 saturated carbocycles. The van der Waals surface area contributed by atoms with Gasteiger partial charge < -0.3 is 14.8 Å². The Hall–Kier alpha value is -1.33. The average molecular weight is 268 g/mol. The van der Waals surface area contributed by atoms with E-state index in [1.54, 1.807) is 14.2 Å². The maximum atomic E-state index is 13.5. The number of hydrogen-bond donors (Lipinski definition) is 1. The highest BCUT2D eigenvalue weighted by atomic mass is 19.1. The molecule has 0 aromatic heterocycles. The number of nitrogens with zero attached hydrogens (tertiary/aromatic N) is 1. The monoisotopic (exact) mass is 268 g/mol. The van der Waals surface area contributed by atoms with Gasteiger partial charge in [0.15, 0.2) is 11.5 Å². The molecule has 5 heteroatoms. The third kappa shape index (κ3) is 2.98. The fourth-order valence-electron chi connectivity index (χ4n) is 2.55. The summed E-state index contributed by atoms with van der Waals surface area (Å²) in [6.07, 6.45) is 0. The van der Waals surface area contributed by atoms with E-state index in [1.165, 1.54) is 0 Å². The van der Waals surface area contributed by atoms with Crippen LogP contribution in [0.1, 0.15) is 11.6 Å². The molecule has 0 spiro atoms. The summed E-state index contributed by atoms with van der Waals surface area (Å²) in [5, 5.41) is 3.28. The lowest BCUT2D eigenvalue weighted by molar-refractivity contribution is 0.144. The maximum Gasteiger partial charge on any atom is 0.165 e. The zero-order chi connectivity index (χ0) is 13.7. The molecule has 1 aromatic rings. The van der Waals surface area contributed by atoms with Crippen LogP contribution in [-0.2, 0) is 0 Å². The van der Waals surface area contributed by atoms with E-state index < -0.39 is 6.67 Å². The van der Waals surface area contributed by atoms with Crippen molar-refractivity contribution in [2.45, 2.75) is 6.04 Å². The predicted molar refractivity (Wildman–Crippen MR) is 72.7 cm³/mol. The van der Waals surface area contributed by atoms with Gasteiger partial charge in [-0.15, -0.1) is 0 Å². The second-order valence-electron chi connectivity index (χ2n) is 4.54. The molecule has 1 atom stereocenters. The van der Waals surface area contributed by atoms with E-state index in [2.05, 4.69) is 10.2 Å². The normalized spacial score (nSPS) is 18.1. The standard InChI is InChI=1S/C14H21FN2O2/c1-18-13-5-3-4-11(14(13)19-2)12(10-15)17-8-6-16-7-9-17/h3-5,12,16H,6-10H2,1-2H3/t12-/m0/s1. The van der Waals surface area contributed by atoms with Crippen LogP contribution in [-0.4, -0.2) is 52.0 Å². The van der Waals surface area contributed by atoms with Crippen molar-refractivity contribution in [2.75, 3.05) is 47.1 Å². The predicted octanol–water partition coefficient (Wildman–Crippen LogP) is 1.62. The van der Waals surface area contributed by atoms with Crippen molar-refractivity contribution in [3.63, 3.8) is 0 Å². The molecule has 0 radical (unpaired) electrons. The van der Waals surface area contributed by atoms with Gasteiger partial charge in [-0.3, -0.25) is 4.90 Å². The number of halogens is 1. The molecule has 1 aliphatic rings. The first-order valence-corrected chi connectivity index (χ1v) is 6.53. The van der Waals surface area contributed by atoms with E-state index in [9.17, 15) is 4.39 Å². The third-order valence-electron chi connectivity index (χ3n) is 3.53. The van der Waals surface area contributed by atoms with E-state index >= 15 is 0 Å². The Bertz CT molecular complexity index is 408. The van der Waals surface area contributed by atoms with Gasteiger partial charge in [0.25, 0.3) is 0 Å². The summed E-state index contributed by atoms with van der Waals surface area (Å²) in [5.41, 5.74) is 0.853. The first-order chi connectivity index (χ1) is 9.31. The molecule has 0 amide bonds. The Labute approximate surface area is 113 Å². The zero-order valence-corrected chi connectivity index (χ0v) is 11.5. The van der Waals surface area contributed by atoms with Crippen molar-refractivity contribution >= 4 is 0 Å². The van der Waals surface area contributed by atoms with Gasteiger partial charge in [-0.2, -0.15) is 0 Å². The maximum absolute atomic E-state index is 13.5. The number of piperazine rings is 1. The quantitative estimate of drug-likeness (QED) is 0.880. The van der Waals surface area contributed by atoms with Crippen LogP contribution < -0.4 is 14.8 Å². The van der Waals surface area contributed by atoms with E-state index in [1.807, 2.05) is 18.2 Å². The molecular weight excluding hydrogens is 247 g/mol. The summed E-state index contributed by atoms with van der Waals surface area (Å²) >= 11 is 0. The molecular formula is C14H21FN2O2. The summed E-state index contributed by atoms with van der Waals surface area (Å²) in [4.78, 5) is 2.15. The van der Waals surface area contributed by atoms with Crippen molar-refractivity contribution in [3.05, 3.63) is 23.8 Å². The van der Waals surface area contributed by atoms with E-state index in [-0.39, 0.29) is 6.04 Å². The summed E-state index contributed by atoms with van der Waals surface area (Å²) in [7, 11) is 3.19. The Morgan fingerprint density at radius 3 is 2.58 bits per heavy atom. The fourth-order valence-corrected chi connectivity index (χ4v) is 2.55. The molecule has 1 saturated heterocycles. The van der Waals surface area contributed by atoms with Gasteiger partial charge in [0.1, 0.15) is 6.67 Å². The van der Waals surface area contributed by atoms with Gasteiger partial charge in [0.2, 0.25) is 0 Å². The SMILES string of the molecule is COc1cccc([C@H](CF)N2CCNCC2)c1OC. The number of alkyl halides is 1. The van der Waals surface area contributed by atoms with Gasteiger partial charge >= 0.3 is 0 Å². The first-order valence-electron chi connectivity index (χ1n) is 6.53. The van der Waals surface area contributed by atoms with Gasteiger partial charge in [-0.1, -0.05) is 12.1 Å². The van der Waals surface area contributed by atoms with Crippen LogP contribution in [0.2, 0.25) is 0 Å². The molecule has 2 rings (SSSR count). The Kier molecular flexibility index (Phi) is 4.99. The van der Waals surface area contributed by atoms with Crippen LogP contribution in [0.5, 0.6) is 11.5 Å². The molecule has 1 aromatic carbocycles. The highest BCUT2D eigenvalue weighted by molar-refractivity contribution is 5.48. The topological polar surface area (TPSA) is 33.7 Å². The van der Waals surface area contributed by atoms with Crippen molar-refractivity contribution in [2.24, 2.45) is 0 Å². The highest BCUT2D eigenvalue weighted by Crippen LogP contribution is 2.37. The lowest BCUT2D eigenvalue weighted by Gasteiger charge is -2.34. The molecule has 19 heavy (non-hydrogen) atoms. The van der Waals surface area contributed by atoms with E-state index in [4.69, 9.17) is 9.47 Å². The molecule has 1 heterocycles. The first kappa shape index (κ1) is 14.1. The number of nitrogens with one attached hydrogen (secondary N) is 1. The molecule has 0 unspecified atom stereocenters. The number of para-hydroxylation sites is 1. The smallest absolute Gasteiger partial charge is 0.165 e. The highest BCUT2D eigenvalue weighted by Gasteiger charge is 2.26. The van der Waals surface area contributed by atoms with Crippen LogP contribution in [0.3, 0.4) is 0 Å². The Morgan fingerprint density at radius 2 is 2.00 bits per heavy atom. The van der Waals surface area contributed by atoms with E-state index in [0.29, 0.717) is 11.5 Å². The van der Waals surface area contributed by atoms with Crippen LogP contribution >= 0.6 is 0 Å². The largest absolute Gasteiger partial charge is 0.493 e. The second kappa shape index (κ2) is 6.73. The Morgan fingerprint density at radius 1 is 1.26 bits per heavy atom. The number of rotatable bonds is 5.